The molecular weight excluding hydrogens is 248 g/mol. The summed E-state index contributed by atoms with van der Waals surface area (Å²) in [6.07, 6.45) is 1.59. The fourth-order valence-corrected chi connectivity index (χ4v) is 2.15. The number of anilines is 1. The molecule has 2 N–H and O–H groups in total. The van der Waals surface area contributed by atoms with Crippen LogP contribution in [-0.2, 0) is 0 Å². The Balaban J connectivity index is 2.06. The third-order valence-electron chi connectivity index (χ3n) is 2.52. The highest BCUT2D eigenvalue weighted by Crippen LogP contribution is 2.20. The molecule has 0 aliphatic heterocycles. The first-order valence-electron chi connectivity index (χ1n) is 5.56. The maximum Gasteiger partial charge on any atom is 0.276 e. The zero-order chi connectivity index (χ0) is 13.0. The van der Waals surface area contributed by atoms with Crippen LogP contribution in [0.2, 0.25) is 0 Å². The van der Waals surface area contributed by atoms with Gasteiger partial charge < -0.3 is 5.32 Å². The van der Waals surface area contributed by atoms with Crippen LogP contribution >= 0.6 is 11.3 Å². The lowest BCUT2D eigenvalue weighted by molar-refractivity contribution is 0.102. The molecule has 2 heterocycles. The first-order chi connectivity index (χ1) is 8.70. The summed E-state index contributed by atoms with van der Waals surface area (Å²) >= 11 is 1.41. The van der Waals surface area contributed by atoms with Crippen molar-refractivity contribution < 1.29 is 4.79 Å². The average Bonchev–Trinajstić information content (AvgIpc) is 2.87. The second kappa shape index (κ2) is 5.70. The number of carbonyl (C=O) groups is 1. The molecule has 94 valence electrons. The Hall–Kier alpha value is -1.79. The standard InChI is InChI=1S/C12H14N4OS/c1-8(13-2)10-7-18-12(15-10)16-11(17)9-5-3-4-6-14-9/h3-8,13H,1-2H3,(H,15,16,17). The van der Waals surface area contributed by atoms with Gasteiger partial charge in [-0.2, -0.15) is 0 Å². The van der Waals surface area contributed by atoms with E-state index in [1.54, 1.807) is 24.4 Å². The van der Waals surface area contributed by atoms with E-state index in [4.69, 9.17) is 0 Å². The van der Waals surface area contributed by atoms with Gasteiger partial charge in [-0.25, -0.2) is 4.98 Å². The molecule has 0 saturated heterocycles. The molecule has 0 saturated carbocycles. The van der Waals surface area contributed by atoms with Gasteiger partial charge in [0.25, 0.3) is 5.91 Å². The maximum atomic E-state index is 11.8. The number of amides is 1. The van der Waals surface area contributed by atoms with Gasteiger partial charge in [0.2, 0.25) is 0 Å². The third kappa shape index (κ3) is 2.91. The molecular formula is C12H14N4OS. The largest absolute Gasteiger partial charge is 0.312 e. The van der Waals surface area contributed by atoms with Crippen LogP contribution in [0.4, 0.5) is 5.13 Å². The average molecular weight is 262 g/mol. The van der Waals surface area contributed by atoms with E-state index in [1.807, 2.05) is 19.4 Å². The molecule has 0 radical (unpaired) electrons. The van der Waals surface area contributed by atoms with Gasteiger partial charge in [0.05, 0.1) is 5.69 Å². The van der Waals surface area contributed by atoms with Crippen LogP contribution in [0.1, 0.15) is 29.1 Å². The summed E-state index contributed by atoms with van der Waals surface area (Å²) in [6.45, 7) is 2.01. The van der Waals surface area contributed by atoms with E-state index >= 15 is 0 Å². The predicted octanol–water partition coefficient (Wildman–Crippen LogP) is 2.07. The van der Waals surface area contributed by atoms with E-state index in [0.29, 0.717) is 10.8 Å². The maximum absolute atomic E-state index is 11.8. The summed E-state index contributed by atoms with van der Waals surface area (Å²) in [5.41, 5.74) is 1.30. The van der Waals surface area contributed by atoms with Gasteiger partial charge in [0.1, 0.15) is 5.69 Å². The zero-order valence-corrected chi connectivity index (χ0v) is 11.0. The van der Waals surface area contributed by atoms with Gasteiger partial charge in [0, 0.05) is 17.6 Å². The summed E-state index contributed by atoms with van der Waals surface area (Å²) in [5.74, 6) is -0.242. The highest BCUT2D eigenvalue weighted by molar-refractivity contribution is 7.14. The van der Waals surface area contributed by atoms with E-state index in [0.717, 1.165) is 5.69 Å². The van der Waals surface area contributed by atoms with E-state index in [9.17, 15) is 4.79 Å². The predicted molar refractivity (Wildman–Crippen MR) is 71.8 cm³/mol. The Bertz CT molecular complexity index is 526. The van der Waals surface area contributed by atoms with Crippen LogP contribution in [-0.4, -0.2) is 22.9 Å². The zero-order valence-electron chi connectivity index (χ0n) is 10.2. The molecule has 2 rings (SSSR count). The smallest absolute Gasteiger partial charge is 0.276 e. The van der Waals surface area contributed by atoms with Crippen molar-refractivity contribution in [1.29, 1.82) is 0 Å². The summed E-state index contributed by atoms with van der Waals surface area (Å²) in [7, 11) is 1.87. The topological polar surface area (TPSA) is 66.9 Å². The molecule has 5 nitrogen and oxygen atoms in total. The van der Waals surface area contributed by atoms with Crippen LogP contribution < -0.4 is 10.6 Å². The number of thiazole rings is 1. The molecule has 0 aliphatic carbocycles. The molecule has 18 heavy (non-hydrogen) atoms. The minimum absolute atomic E-state index is 0.168. The number of nitrogens with zero attached hydrogens (tertiary/aromatic N) is 2. The summed E-state index contributed by atoms with van der Waals surface area (Å²) in [4.78, 5) is 20.2. The van der Waals surface area contributed by atoms with Crippen molar-refractivity contribution in [1.82, 2.24) is 15.3 Å². The quantitative estimate of drug-likeness (QED) is 0.885. The van der Waals surface area contributed by atoms with Crippen LogP contribution in [0, 0.1) is 0 Å². The number of hydrogen-bond donors (Lipinski definition) is 2. The van der Waals surface area contributed by atoms with Gasteiger partial charge in [0.15, 0.2) is 5.13 Å². The van der Waals surface area contributed by atoms with Gasteiger partial charge in [-0.3, -0.25) is 15.1 Å². The monoisotopic (exact) mass is 262 g/mol. The molecule has 1 atom stereocenters. The molecule has 0 bridgehead atoms. The van der Waals surface area contributed by atoms with Crippen molar-refractivity contribution in [2.45, 2.75) is 13.0 Å². The number of aromatic nitrogens is 2. The van der Waals surface area contributed by atoms with Gasteiger partial charge in [-0.15, -0.1) is 11.3 Å². The lowest BCUT2D eigenvalue weighted by Gasteiger charge is -2.05. The molecule has 6 heteroatoms. The fourth-order valence-electron chi connectivity index (χ4n) is 1.35. The first-order valence-corrected chi connectivity index (χ1v) is 6.43. The van der Waals surface area contributed by atoms with Crippen molar-refractivity contribution >= 4 is 22.4 Å². The molecule has 0 aliphatic rings. The molecule has 2 aromatic rings. The van der Waals surface area contributed by atoms with E-state index in [-0.39, 0.29) is 11.9 Å². The minimum atomic E-state index is -0.242. The van der Waals surface area contributed by atoms with Crippen molar-refractivity contribution in [2.24, 2.45) is 0 Å². The van der Waals surface area contributed by atoms with E-state index < -0.39 is 0 Å². The highest BCUT2D eigenvalue weighted by atomic mass is 32.1. The van der Waals surface area contributed by atoms with Crippen LogP contribution in [0.15, 0.2) is 29.8 Å². The first kappa shape index (κ1) is 12.7. The minimum Gasteiger partial charge on any atom is -0.312 e. The molecule has 0 fully saturated rings. The molecule has 0 spiro atoms. The van der Waals surface area contributed by atoms with Crippen LogP contribution in [0.25, 0.3) is 0 Å². The van der Waals surface area contributed by atoms with E-state index in [1.165, 1.54) is 11.3 Å². The van der Waals surface area contributed by atoms with Crippen molar-refractivity contribution in [3.63, 3.8) is 0 Å². The molecule has 0 aromatic carbocycles. The van der Waals surface area contributed by atoms with E-state index in [2.05, 4.69) is 20.6 Å². The SMILES string of the molecule is CNC(C)c1csc(NC(=O)c2ccccn2)n1. The Kier molecular flexibility index (Phi) is 4.01. The van der Waals surface area contributed by atoms with Crippen molar-refractivity contribution in [3.05, 3.63) is 41.2 Å². The Morgan fingerprint density at radius 3 is 2.94 bits per heavy atom. The summed E-state index contributed by atoms with van der Waals surface area (Å²) < 4.78 is 0. The number of rotatable bonds is 4. The molecule has 1 unspecified atom stereocenters. The third-order valence-corrected chi connectivity index (χ3v) is 3.29. The number of pyridine rings is 1. The van der Waals surface area contributed by atoms with Crippen molar-refractivity contribution in [2.75, 3.05) is 12.4 Å². The Labute approximate surface area is 109 Å². The van der Waals surface area contributed by atoms with Gasteiger partial charge in [-0.05, 0) is 26.1 Å². The number of hydrogen-bond acceptors (Lipinski definition) is 5. The second-order valence-electron chi connectivity index (χ2n) is 3.76. The summed E-state index contributed by atoms with van der Waals surface area (Å²) in [5, 5.41) is 8.35. The molecule has 1 amide bonds. The second-order valence-corrected chi connectivity index (χ2v) is 4.62. The van der Waals surface area contributed by atoms with Gasteiger partial charge in [-0.1, -0.05) is 6.07 Å². The highest BCUT2D eigenvalue weighted by Gasteiger charge is 2.11. The summed E-state index contributed by atoms with van der Waals surface area (Å²) in [6, 6.07) is 5.38. The number of carbonyl (C=O) groups excluding carboxylic acids is 1. The lowest BCUT2D eigenvalue weighted by atomic mass is 10.3. The molecule has 2 aromatic heterocycles. The normalized spacial score (nSPS) is 12.1. The van der Waals surface area contributed by atoms with Crippen molar-refractivity contribution in [3.8, 4) is 0 Å². The fraction of sp³-hybridized carbons (Fsp3) is 0.250. The van der Waals surface area contributed by atoms with Crippen LogP contribution in [0.5, 0.6) is 0 Å². The van der Waals surface area contributed by atoms with Crippen LogP contribution in [0.3, 0.4) is 0 Å². The lowest BCUT2D eigenvalue weighted by Crippen LogP contribution is -2.15. The number of nitrogens with one attached hydrogen (secondary N) is 2. The Morgan fingerprint density at radius 2 is 2.28 bits per heavy atom. The van der Waals surface area contributed by atoms with Gasteiger partial charge >= 0.3 is 0 Å². The Morgan fingerprint density at radius 1 is 1.44 bits per heavy atom.